The fourth-order valence-electron chi connectivity index (χ4n) is 2.93. The molecule has 0 unspecified atom stereocenters. The molecular formula is C19H22N4O2. The van der Waals surface area contributed by atoms with Crippen molar-refractivity contribution in [1.29, 1.82) is 0 Å². The lowest BCUT2D eigenvalue weighted by Crippen LogP contribution is -2.44. The van der Waals surface area contributed by atoms with Crippen LogP contribution in [0.3, 0.4) is 0 Å². The number of piperidine rings is 1. The number of anilines is 2. The quantitative estimate of drug-likeness (QED) is 0.838. The van der Waals surface area contributed by atoms with Crippen LogP contribution in [0, 0.1) is 0 Å². The number of nitrogens with zero attached hydrogens (tertiary/aromatic N) is 2. The van der Waals surface area contributed by atoms with E-state index in [1.807, 2.05) is 17.0 Å². The lowest BCUT2D eigenvalue weighted by molar-refractivity contribution is 0.101. The zero-order chi connectivity index (χ0) is 17.6. The van der Waals surface area contributed by atoms with Crippen molar-refractivity contribution in [1.82, 2.24) is 9.88 Å². The molecule has 0 radical (unpaired) electrons. The van der Waals surface area contributed by atoms with Gasteiger partial charge < -0.3 is 15.5 Å². The molecule has 2 aromatic rings. The highest BCUT2D eigenvalue weighted by molar-refractivity contribution is 5.96. The van der Waals surface area contributed by atoms with Gasteiger partial charge >= 0.3 is 6.03 Å². The fourth-order valence-corrected chi connectivity index (χ4v) is 2.93. The number of likely N-dealkylation sites (tertiary alicyclic amines) is 1. The Labute approximate surface area is 147 Å². The van der Waals surface area contributed by atoms with Crippen LogP contribution in [0.5, 0.6) is 0 Å². The number of Topliss-reactive ketones (excluding diaryl/α,β-unsaturated/α-hetero) is 1. The average Bonchev–Trinajstić information content (AvgIpc) is 2.63. The number of carbonyl (C=O) groups excluding carboxylic acids is 2. The normalized spacial score (nSPS) is 14.8. The predicted octanol–water partition coefficient (Wildman–Crippen LogP) is 3.39. The number of hydrogen-bond acceptors (Lipinski definition) is 4. The van der Waals surface area contributed by atoms with Crippen molar-refractivity contribution in [3.05, 3.63) is 54.4 Å². The van der Waals surface area contributed by atoms with Gasteiger partial charge in [-0.3, -0.25) is 9.78 Å². The monoisotopic (exact) mass is 338 g/mol. The van der Waals surface area contributed by atoms with Crippen molar-refractivity contribution in [2.75, 3.05) is 23.7 Å². The number of amides is 2. The van der Waals surface area contributed by atoms with E-state index in [4.69, 9.17) is 0 Å². The summed E-state index contributed by atoms with van der Waals surface area (Å²) in [4.78, 5) is 29.8. The molecule has 1 aliphatic heterocycles. The predicted molar refractivity (Wildman–Crippen MR) is 97.9 cm³/mol. The van der Waals surface area contributed by atoms with Crippen molar-refractivity contribution in [3.8, 4) is 0 Å². The highest BCUT2D eigenvalue weighted by atomic mass is 16.2. The zero-order valence-corrected chi connectivity index (χ0v) is 14.2. The van der Waals surface area contributed by atoms with E-state index >= 15 is 0 Å². The average molecular weight is 338 g/mol. The van der Waals surface area contributed by atoms with Gasteiger partial charge in [0.15, 0.2) is 5.78 Å². The third-order valence-corrected chi connectivity index (χ3v) is 4.33. The van der Waals surface area contributed by atoms with Crippen molar-refractivity contribution >= 4 is 23.2 Å². The molecule has 1 aromatic heterocycles. The summed E-state index contributed by atoms with van der Waals surface area (Å²) in [6.45, 7) is 2.90. The van der Waals surface area contributed by atoms with Crippen LogP contribution in [0.1, 0.15) is 30.1 Å². The van der Waals surface area contributed by atoms with Gasteiger partial charge in [0, 0.05) is 42.8 Å². The highest BCUT2D eigenvalue weighted by Gasteiger charge is 2.22. The maximum atomic E-state index is 12.4. The van der Waals surface area contributed by atoms with Gasteiger partial charge in [0.1, 0.15) is 0 Å². The van der Waals surface area contributed by atoms with Crippen LogP contribution >= 0.6 is 0 Å². The molecule has 0 saturated carbocycles. The van der Waals surface area contributed by atoms with Gasteiger partial charge in [-0.15, -0.1) is 0 Å². The molecule has 6 heteroatoms. The second kappa shape index (κ2) is 7.79. The van der Waals surface area contributed by atoms with E-state index < -0.39 is 0 Å². The van der Waals surface area contributed by atoms with E-state index in [0.717, 1.165) is 18.5 Å². The van der Waals surface area contributed by atoms with E-state index in [0.29, 0.717) is 30.4 Å². The molecule has 25 heavy (non-hydrogen) atoms. The molecule has 0 bridgehead atoms. The smallest absolute Gasteiger partial charge is 0.321 e. The number of ketones is 1. The molecule has 2 N–H and O–H groups in total. The second-order valence-electron chi connectivity index (χ2n) is 6.21. The second-order valence-corrected chi connectivity index (χ2v) is 6.21. The maximum absolute atomic E-state index is 12.4. The molecule has 0 aliphatic carbocycles. The summed E-state index contributed by atoms with van der Waals surface area (Å²) in [5.74, 6) is -0.0154. The standard InChI is InChI=1S/C19H22N4O2/c1-14(24)15-4-2-5-17(12-15)22-19(25)23-10-7-16(8-11-23)21-18-6-3-9-20-13-18/h2-6,9,12-13,16,21H,7-8,10-11H2,1H3,(H,22,25). The van der Waals surface area contributed by atoms with Gasteiger partial charge in [0.2, 0.25) is 0 Å². The molecule has 1 aliphatic rings. The highest BCUT2D eigenvalue weighted by Crippen LogP contribution is 2.17. The molecule has 6 nitrogen and oxygen atoms in total. The first-order chi connectivity index (χ1) is 12.1. The third kappa shape index (κ3) is 4.56. The Bertz CT molecular complexity index is 740. The minimum atomic E-state index is -0.125. The summed E-state index contributed by atoms with van der Waals surface area (Å²) in [7, 11) is 0. The van der Waals surface area contributed by atoms with Crippen molar-refractivity contribution in [2.45, 2.75) is 25.8 Å². The van der Waals surface area contributed by atoms with Crippen molar-refractivity contribution in [3.63, 3.8) is 0 Å². The van der Waals surface area contributed by atoms with Crippen LogP contribution < -0.4 is 10.6 Å². The molecule has 1 aromatic carbocycles. The number of hydrogen-bond donors (Lipinski definition) is 2. The summed E-state index contributed by atoms with van der Waals surface area (Å²) in [5, 5.41) is 6.33. The summed E-state index contributed by atoms with van der Waals surface area (Å²) in [5.41, 5.74) is 2.25. The number of urea groups is 1. The van der Waals surface area contributed by atoms with Crippen LogP contribution in [0.15, 0.2) is 48.8 Å². The van der Waals surface area contributed by atoms with Gasteiger partial charge in [-0.2, -0.15) is 0 Å². The molecule has 2 amide bonds. The number of carbonyl (C=O) groups is 2. The minimum Gasteiger partial charge on any atom is -0.381 e. The van der Waals surface area contributed by atoms with Gasteiger partial charge in [-0.25, -0.2) is 4.79 Å². The molecule has 130 valence electrons. The van der Waals surface area contributed by atoms with E-state index in [1.54, 1.807) is 36.7 Å². The number of aromatic nitrogens is 1. The first-order valence-corrected chi connectivity index (χ1v) is 8.45. The largest absolute Gasteiger partial charge is 0.381 e. The molecule has 0 atom stereocenters. The zero-order valence-electron chi connectivity index (χ0n) is 14.2. The Morgan fingerprint density at radius 3 is 2.56 bits per heavy atom. The Morgan fingerprint density at radius 1 is 1.12 bits per heavy atom. The molecule has 2 heterocycles. The topological polar surface area (TPSA) is 74.3 Å². The third-order valence-electron chi connectivity index (χ3n) is 4.33. The van der Waals surface area contributed by atoms with Crippen LogP contribution in [-0.2, 0) is 0 Å². The first-order valence-electron chi connectivity index (χ1n) is 8.45. The lowest BCUT2D eigenvalue weighted by atomic mass is 10.1. The van der Waals surface area contributed by atoms with E-state index in [-0.39, 0.29) is 11.8 Å². The minimum absolute atomic E-state index is 0.0154. The van der Waals surface area contributed by atoms with E-state index in [9.17, 15) is 9.59 Å². The van der Waals surface area contributed by atoms with Crippen LogP contribution in [0.2, 0.25) is 0 Å². The van der Waals surface area contributed by atoms with Crippen molar-refractivity contribution in [2.24, 2.45) is 0 Å². The summed E-state index contributed by atoms with van der Waals surface area (Å²) in [6.07, 6.45) is 5.33. The SMILES string of the molecule is CC(=O)c1cccc(NC(=O)N2CCC(Nc3cccnc3)CC2)c1. The molecular weight excluding hydrogens is 316 g/mol. The molecule has 0 spiro atoms. The number of pyridine rings is 1. The van der Waals surface area contributed by atoms with E-state index in [1.165, 1.54) is 6.92 Å². The molecule has 3 rings (SSSR count). The summed E-state index contributed by atoms with van der Waals surface area (Å²) >= 11 is 0. The Morgan fingerprint density at radius 2 is 1.88 bits per heavy atom. The maximum Gasteiger partial charge on any atom is 0.321 e. The Hall–Kier alpha value is -2.89. The van der Waals surface area contributed by atoms with Gasteiger partial charge in [0.25, 0.3) is 0 Å². The molecule has 1 saturated heterocycles. The van der Waals surface area contributed by atoms with Crippen LogP contribution in [0.4, 0.5) is 16.2 Å². The van der Waals surface area contributed by atoms with Crippen LogP contribution in [0.25, 0.3) is 0 Å². The van der Waals surface area contributed by atoms with Crippen LogP contribution in [-0.4, -0.2) is 40.8 Å². The number of benzene rings is 1. The summed E-state index contributed by atoms with van der Waals surface area (Å²) in [6, 6.07) is 11.1. The van der Waals surface area contributed by atoms with Gasteiger partial charge in [-0.05, 0) is 44.0 Å². The molecule has 1 fully saturated rings. The Kier molecular flexibility index (Phi) is 5.28. The summed E-state index contributed by atoms with van der Waals surface area (Å²) < 4.78 is 0. The number of rotatable bonds is 4. The lowest BCUT2D eigenvalue weighted by Gasteiger charge is -2.32. The van der Waals surface area contributed by atoms with Gasteiger partial charge in [-0.1, -0.05) is 12.1 Å². The number of nitrogens with one attached hydrogen (secondary N) is 2. The fraction of sp³-hybridized carbons (Fsp3) is 0.316. The first kappa shape index (κ1) is 17.0. The van der Waals surface area contributed by atoms with Gasteiger partial charge in [0.05, 0.1) is 5.69 Å². The van der Waals surface area contributed by atoms with Crippen molar-refractivity contribution < 1.29 is 9.59 Å². The Balaban J connectivity index is 1.51. The van der Waals surface area contributed by atoms with E-state index in [2.05, 4.69) is 15.6 Å².